The van der Waals surface area contributed by atoms with Gasteiger partial charge in [-0.15, -0.1) is 0 Å². The maximum atomic E-state index is 10.3. The van der Waals surface area contributed by atoms with Crippen molar-refractivity contribution in [2.24, 2.45) is 0 Å². The smallest absolute Gasteiger partial charge is 0.463 e. The third-order valence-electron chi connectivity index (χ3n) is 2.41. The van der Waals surface area contributed by atoms with Crippen LogP contribution in [-0.4, -0.2) is 56.4 Å². The van der Waals surface area contributed by atoms with Gasteiger partial charge in [0.25, 0.3) is 0 Å². The van der Waals surface area contributed by atoms with Gasteiger partial charge in [0.1, 0.15) is 0 Å². The molecule has 0 aromatic carbocycles. The minimum absolute atomic E-state index is 0.330. The second-order valence-corrected chi connectivity index (χ2v) is 5.19. The van der Waals surface area contributed by atoms with Gasteiger partial charge in [-0.2, -0.15) is 0 Å². The van der Waals surface area contributed by atoms with Crippen molar-refractivity contribution < 1.29 is 34.8 Å². The number of rotatable bonds is 5. The first-order valence-electron chi connectivity index (χ1n) is 6.57. The molecule has 0 atom stereocenters. The van der Waals surface area contributed by atoms with Gasteiger partial charge in [0.2, 0.25) is 0 Å². The largest absolute Gasteiger partial charge is 0.631 e. The lowest BCUT2D eigenvalue weighted by Crippen LogP contribution is -2.44. The van der Waals surface area contributed by atoms with Crippen LogP contribution in [0.25, 0.3) is 0 Å². The van der Waals surface area contributed by atoms with E-state index in [4.69, 9.17) is 25.3 Å². The highest BCUT2D eigenvalue weighted by molar-refractivity contribution is 6.30. The van der Waals surface area contributed by atoms with Gasteiger partial charge in [-0.25, -0.2) is 4.79 Å². The van der Waals surface area contributed by atoms with Crippen molar-refractivity contribution in [3.63, 3.8) is 0 Å². The number of hydrogen-bond donors (Lipinski definition) is 5. The normalized spacial score (nSPS) is 10.4. The van der Waals surface area contributed by atoms with Gasteiger partial charge in [0.15, 0.2) is 0 Å². The SMILES string of the molecule is C=CC(=O)OCCCC.CC(C)(O)C(C)(C)O.OB(O)O. The predicted octanol–water partition coefficient (Wildman–Crippen LogP) is -0.00790. The van der Waals surface area contributed by atoms with Gasteiger partial charge in [-0.05, 0) is 34.1 Å². The quantitative estimate of drug-likeness (QED) is 0.209. The molecule has 0 saturated carbocycles. The minimum Gasteiger partial charge on any atom is -0.463 e. The molecule has 0 aliphatic carbocycles. The van der Waals surface area contributed by atoms with E-state index in [-0.39, 0.29) is 5.97 Å². The van der Waals surface area contributed by atoms with E-state index in [1.807, 2.05) is 6.92 Å². The molecular formula is C13H29BO7. The Morgan fingerprint density at radius 2 is 1.48 bits per heavy atom. The molecule has 0 radical (unpaired) electrons. The van der Waals surface area contributed by atoms with Crippen LogP contribution in [0.2, 0.25) is 0 Å². The highest BCUT2D eigenvalue weighted by Gasteiger charge is 2.31. The Labute approximate surface area is 127 Å². The summed E-state index contributed by atoms with van der Waals surface area (Å²) in [6, 6.07) is 0. The van der Waals surface area contributed by atoms with Crippen LogP contribution in [0.4, 0.5) is 0 Å². The van der Waals surface area contributed by atoms with Crippen LogP contribution >= 0.6 is 0 Å². The molecule has 0 heterocycles. The van der Waals surface area contributed by atoms with E-state index in [1.54, 1.807) is 27.7 Å². The van der Waals surface area contributed by atoms with E-state index >= 15 is 0 Å². The molecule has 0 bridgehead atoms. The molecule has 0 aromatic rings. The molecule has 126 valence electrons. The molecule has 0 aliphatic rings. The van der Waals surface area contributed by atoms with E-state index in [0.717, 1.165) is 12.8 Å². The first-order valence-corrected chi connectivity index (χ1v) is 6.57. The van der Waals surface area contributed by atoms with Gasteiger partial charge in [0, 0.05) is 6.08 Å². The van der Waals surface area contributed by atoms with E-state index in [2.05, 4.69) is 11.3 Å². The lowest BCUT2D eigenvalue weighted by atomic mass is 9.90. The third-order valence-corrected chi connectivity index (χ3v) is 2.41. The zero-order valence-electron chi connectivity index (χ0n) is 13.5. The Hall–Kier alpha value is -0.925. The van der Waals surface area contributed by atoms with Crippen molar-refractivity contribution in [2.75, 3.05) is 6.61 Å². The maximum absolute atomic E-state index is 10.3. The van der Waals surface area contributed by atoms with Crippen molar-refractivity contribution in [1.29, 1.82) is 0 Å². The van der Waals surface area contributed by atoms with Gasteiger partial charge < -0.3 is 30.0 Å². The van der Waals surface area contributed by atoms with Crippen molar-refractivity contribution in [3.8, 4) is 0 Å². The Balaban J connectivity index is -0.000000249. The molecule has 0 amide bonds. The fraction of sp³-hybridized carbons (Fsp3) is 0.769. The van der Waals surface area contributed by atoms with Crippen molar-refractivity contribution in [3.05, 3.63) is 12.7 Å². The van der Waals surface area contributed by atoms with Crippen LogP contribution in [0.15, 0.2) is 12.7 Å². The fourth-order valence-electron chi connectivity index (χ4n) is 0.376. The summed E-state index contributed by atoms with van der Waals surface area (Å²) < 4.78 is 4.67. The summed E-state index contributed by atoms with van der Waals surface area (Å²) >= 11 is 0. The van der Waals surface area contributed by atoms with Crippen LogP contribution in [0, 0.1) is 0 Å². The van der Waals surface area contributed by atoms with Crippen LogP contribution in [0.5, 0.6) is 0 Å². The monoisotopic (exact) mass is 308 g/mol. The maximum Gasteiger partial charge on any atom is 0.631 e. The van der Waals surface area contributed by atoms with Gasteiger partial charge >= 0.3 is 13.3 Å². The Bertz CT molecular complexity index is 252. The van der Waals surface area contributed by atoms with Gasteiger partial charge in [-0.1, -0.05) is 19.9 Å². The highest BCUT2D eigenvalue weighted by Crippen LogP contribution is 2.19. The lowest BCUT2D eigenvalue weighted by Gasteiger charge is -2.31. The summed E-state index contributed by atoms with van der Waals surface area (Å²) in [5.74, 6) is -0.330. The van der Waals surface area contributed by atoms with E-state index in [1.165, 1.54) is 6.08 Å². The highest BCUT2D eigenvalue weighted by atomic mass is 16.5. The van der Waals surface area contributed by atoms with Crippen LogP contribution in [-0.2, 0) is 9.53 Å². The Morgan fingerprint density at radius 3 is 1.67 bits per heavy atom. The third kappa shape index (κ3) is 24.5. The average molecular weight is 308 g/mol. The summed E-state index contributed by atoms with van der Waals surface area (Å²) in [7, 11) is -2.17. The van der Waals surface area contributed by atoms with Crippen LogP contribution in [0.3, 0.4) is 0 Å². The average Bonchev–Trinajstić information content (AvgIpc) is 2.26. The minimum atomic E-state index is -2.17. The summed E-state index contributed by atoms with van der Waals surface area (Å²) in [5, 5.41) is 39.7. The van der Waals surface area contributed by atoms with Gasteiger partial charge in [0.05, 0.1) is 17.8 Å². The number of carbonyl (C=O) groups is 1. The number of unbranched alkanes of at least 4 members (excludes halogenated alkanes) is 1. The molecule has 0 aromatic heterocycles. The van der Waals surface area contributed by atoms with Crippen LogP contribution < -0.4 is 0 Å². The molecule has 7 nitrogen and oxygen atoms in total. The topological polar surface area (TPSA) is 127 Å². The molecule has 21 heavy (non-hydrogen) atoms. The zero-order chi connectivity index (χ0) is 17.7. The molecule has 0 rings (SSSR count). The van der Waals surface area contributed by atoms with E-state index < -0.39 is 18.5 Å². The van der Waals surface area contributed by atoms with Crippen molar-refractivity contribution >= 4 is 13.3 Å². The second kappa shape index (κ2) is 12.8. The predicted molar refractivity (Wildman–Crippen MR) is 81.1 cm³/mol. The first-order chi connectivity index (χ1) is 9.29. The molecule has 0 aliphatic heterocycles. The van der Waals surface area contributed by atoms with Crippen LogP contribution in [0.1, 0.15) is 47.5 Å². The van der Waals surface area contributed by atoms with E-state index in [0.29, 0.717) is 6.61 Å². The molecule has 5 N–H and O–H groups in total. The molecular weight excluding hydrogens is 279 g/mol. The number of ether oxygens (including phenoxy) is 1. The zero-order valence-corrected chi connectivity index (χ0v) is 13.5. The lowest BCUT2D eigenvalue weighted by molar-refractivity contribution is -0.137. The first kappa shape index (κ1) is 25.1. The standard InChI is InChI=1S/C7H12O2.C6H14O2.BH3O3/c1-3-5-6-9-7(8)4-2;1-5(2,7)6(3,4)8;2-1(3)4/h4H,2-3,5-6H2,1H3;7-8H,1-4H3;2-4H. The molecule has 8 heteroatoms. The summed E-state index contributed by atoms with van der Waals surface area (Å²) in [5.41, 5.74) is -2.01. The number of aliphatic hydroxyl groups is 2. The fourth-order valence-corrected chi connectivity index (χ4v) is 0.376. The van der Waals surface area contributed by atoms with Gasteiger partial charge in [-0.3, -0.25) is 0 Å². The summed E-state index contributed by atoms with van der Waals surface area (Å²) in [6.45, 7) is 12.1. The number of hydrogen-bond acceptors (Lipinski definition) is 7. The Morgan fingerprint density at radius 1 is 1.14 bits per heavy atom. The second-order valence-electron chi connectivity index (χ2n) is 5.19. The van der Waals surface area contributed by atoms with Crippen molar-refractivity contribution in [1.82, 2.24) is 0 Å². The summed E-state index contributed by atoms with van der Waals surface area (Å²) in [4.78, 5) is 10.3. The molecule has 0 spiro atoms. The number of esters is 1. The molecule has 0 saturated heterocycles. The number of carbonyl (C=O) groups excluding carboxylic acids is 1. The van der Waals surface area contributed by atoms with E-state index in [9.17, 15) is 4.79 Å². The molecule has 0 fully saturated rings. The summed E-state index contributed by atoms with van der Waals surface area (Å²) in [6.07, 6.45) is 3.15. The molecule has 0 unspecified atom stereocenters. The Kier molecular flexibility index (Phi) is 15.3. The van der Waals surface area contributed by atoms with Crippen molar-refractivity contribution in [2.45, 2.75) is 58.7 Å².